The Bertz CT molecular complexity index is 1840. The van der Waals surface area contributed by atoms with E-state index < -0.39 is 41.1 Å². The van der Waals surface area contributed by atoms with E-state index in [0.717, 1.165) is 17.4 Å². The highest BCUT2D eigenvalue weighted by Gasteiger charge is 2.57. The van der Waals surface area contributed by atoms with E-state index in [1.807, 2.05) is 80.4 Å². The summed E-state index contributed by atoms with van der Waals surface area (Å²) in [5, 5.41) is 23.1. The Hall–Kier alpha value is -4.47. The van der Waals surface area contributed by atoms with Crippen LogP contribution in [-0.4, -0.2) is 99.2 Å². The second-order valence-electron chi connectivity index (χ2n) is 14.8. The number of halogens is 2. The zero-order valence-electron chi connectivity index (χ0n) is 29.9. The third-order valence-electron chi connectivity index (χ3n) is 10.4. The summed E-state index contributed by atoms with van der Waals surface area (Å²) in [7, 11) is 1.65. The molecule has 0 spiro atoms. The number of nitrogens with zero attached hydrogens (tertiary/aromatic N) is 7. The summed E-state index contributed by atoms with van der Waals surface area (Å²) in [6.45, 7) is 7.83. The molecule has 276 valence electrons. The SMILES string of the molecule is COc1ccccc1C1CNCCN1C1N(c2ccccc2)C(=O)N(CC(O)C(C)(C)C)N1C1COC(Cn2cncn2)(c2ccc(F)cc2F)C1. The number of hydrogen-bond acceptors (Lipinski definition) is 9. The van der Waals surface area contributed by atoms with Crippen LogP contribution >= 0.6 is 0 Å². The molecule has 3 aromatic carbocycles. The van der Waals surface area contributed by atoms with Crippen LogP contribution in [0.5, 0.6) is 5.75 Å². The molecule has 0 radical (unpaired) electrons. The van der Waals surface area contributed by atoms with Gasteiger partial charge in [-0.2, -0.15) is 10.1 Å². The van der Waals surface area contributed by atoms with E-state index in [0.29, 0.717) is 25.3 Å². The van der Waals surface area contributed by atoms with Gasteiger partial charge in [-0.1, -0.05) is 63.2 Å². The van der Waals surface area contributed by atoms with Gasteiger partial charge in [-0.15, -0.1) is 0 Å². The first kappa shape index (κ1) is 35.9. The topological polar surface area (TPSA) is 111 Å². The molecule has 3 fully saturated rings. The second-order valence-corrected chi connectivity index (χ2v) is 14.8. The summed E-state index contributed by atoms with van der Waals surface area (Å²) >= 11 is 0. The number of rotatable bonds is 10. The molecule has 1 aromatic heterocycles. The number of para-hydroxylation sites is 2. The van der Waals surface area contributed by atoms with Crippen LogP contribution in [0.25, 0.3) is 0 Å². The van der Waals surface area contributed by atoms with E-state index >= 15 is 9.18 Å². The van der Waals surface area contributed by atoms with Gasteiger partial charge in [0.1, 0.15) is 35.6 Å². The van der Waals surface area contributed by atoms with Crippen molar-refractivity contribution in [3.05, 3.63) is 108 Å². The molecule has 7 rings (SSSR count). The highest BCUT2D eigenvalue weighted by molar-refractivity contribution is 5.94. The molecule has 2 N–H and O–H groups in total. The van der Waals surface area contributed by atoms with E-state index in [1.54, 1.807) is 21.7 Å². The number of aliphatic hydroxyl groups is 1. The summed E-state index contributed by atoms with van der Waals surface area (Å²) in [5.41, 5.74) is -0.00261. The minimum absolute atomic E-state index is 0.00503. The lowest BCUT2D eigenvalue weighted by Gasteiger charge is -2.47. The van der Waals surface area contributed by atoms with Crippen molar-refractivity contribution in [3.63, 3.8) is 0 Å². The average molecular weight is 717 g/mol. The van der Waals surface area contributed by atoms with Crippen LogP contribution in [0.1, 0.15) is 44.4 Å². The van der Waals surface area contributed by atoms with E-state index in [9.17, 15) is 9.50 Å². The van der Waals surface area contributed by atoms with Gasteiger partial charge >= 0.3 is 6.03 Å². The Balaban J connectivity index is 1.38. The van der Waals surface area contributed by atoms with Gasteiger partial charge in [0, 0.05) is 48.9 Å². The maximum atomic E-state index is 15.8. The van der Waals surface area contributed by atoms with Crippen LogP contribution in [0, 0.1) is 17.0 Å². The van der Waals surface area contributed by atoms with E-state index in [-0.39, 0.29) is 43.8 Å². The van der Waals surface area contributed by atoms with E-state index in [4.69, 9.17) is 9.47 Å². The monoisotopic (exact) mass is 716 g/mol. The van der Waals surface area contributed by atoms with Gasteiger partial charge < -0.3 is 19.9 Å². The second kappa shape index (κ2) is 14.5. The van der Waals surface area contributed by atoms with Crippen molar-refractivity contribution in [2.24, 2.45) is 5.41 Å². The lowest BCUT2D eigenvalue weighted by molar-refractivity contribution is -0.113. The zero-order chi connectivity index (χ0) is 36.6. The molecule has 0 bridgehead atoms. The number of amides is 2. The first-order valence-electron chi connectivity index (χ1n) is 17.6. The zero-order valence-corrected chi connectivity index (χ0v) is 29.9. The molecule has 3 saturated heterocycles. The summed E-state index contributed by atoms with van der Waals surface area (Å²) in [5.74, 6) is -0.705. The highest BCUT2D eigenvalue weighted by atomic mass is 19.1. The molecule has 4 aromatic rings. The lowest BCUT2D eigenvalue weighted by Crippen LogP contribution is -2.62. The maximum absolute atomic E-state index is 15.8. The molecule has 5 atom stereocenters. The predicted octanol–water partition coefficient (Wildman–Crippen LogP) is 4.75. The van der Waals surface area contributed by atoms with Gasteiger partial charge in [0.25, 0.3) is 0 Å². The number of benzene rings is 3. The van der Waals surface area contributed by atoms with Crippen molar-refractivity contribution in [3.8, 4) is 5.75 Å². The largest absolute Gasteiger partial charge is 0.496 e. The molecular weight excluding hydrogens is 670 g/mol. The number of anilines is 1. The molecule has 0 aliphatic carbocycles. The number of hydrazine groups is 1. The summed E-state index contributed by atoms with van der Waals surface area (Å²) in [4.78, 5) is 23.2. The Kier molecular flexibility index (Phi) is 10.0. The van der Waals surface area contributed by atoms with Crippen LogP contribution in [0.3, 0.4) is 0 Å². The fourth-order valence-corrected chi connectivity index (χ4v) is 7.66. The van der Waals surface area contributed by atoms with Crippen molar-refractivity contribution in [2.45, 2.75) is 63.8 Å². The van der Waals surface area contributed by atoms with Crippen molar-refractivity contribution in [1.29, 1.82) is 0 Å². The van der Waals surface area contributed by atoms with Gasteiger partial charge in [0.05, 0.1) is 45.0 Å². The number of β-amino-alcohol motifs (C(OH)–C–C–N with tert-alkyl or cyclic N) is 1. The standard InChI is InChI=1S/C38H46F2N8O4/c1-37(2,3)34(49)21-46-36(50)47(27-10-6-5-7-11-27)35(45-17-16-41-20-32(45)29-12-8-9-13-33(29)51-4)48(46)28-19-38(52-22-28,23-44-25-42-24-43-44)30-15-14-26(39)18-31(30)40/h5-15,18,24-25,28,32,34-35,41,49H,16-17,19-23H2,1-4H3. The van der Waals surface area contributed by atoms with Crippen molar-refractivity contribution in [1.82, 2.24) is 35.0 Å². The Morgan fingerprint density at radius 1 is 1.10 bits per heavy atom. The molecule has 2 amide bonds. The molecule has 0 saturated carbocycles. The quantitative estimate of drug-likeness (QED) is 0.241. The van der Waals surface area contributed by atoms with Crippen molar-refractivity contribution >= 4 is 11.7 Å². The normalized spacial score (nSPS) is 25.2. The molecule has 52 heavy (non-hydrogen) atoms. The summed E-state index contributed by atoms with van der Waals surface area (Å²) < 4.78 is 44.1. The molecular formula is C38H46F2N8O4. The van der Waals surface area contributed by atoms with Crippen molar-refractivity contribution < 1.29 is 28.2 Å². The molecule has 14 heteroatoms. The Labute approximate surface area is 302 Å². The number of hydrogen-bond donors (Lipinski definition) is 2. The first-order valence-corrected chi connectivity index (χ1v) is 17.6. The smallest absolute Gasteiger partial charge is 0.341 e. The van der Waals surface area contributed by atoms with Crippen LogP contribution in [0.4, 0.5) is 19.3 Å². The van der Waals surface area contributed by atoms with Gasteiger partial charge in [0.15, 0.2) is 6.29 Å². The number of piperazine rings is 1. The number of aliphatic hydroxyl groups excluding tert-OH is 1. The van der Waals surface area contributed by atoms with Gasteiger partial charge in [-0.25, -0.2) is 23.2 Å². The number of urea groups is 1. The minimum Gasteiger partial charge on any atom is -0.496 e. The van der Waals surface area contributed by atoms with Crippen molar-refractivity contribution in [2.75, 3.05) is 44.8 Å². The third-order valence-corrected chi connectivity index (χ3v) is 10.4. The van der Waals surface area contributed by atoms with Crippen LogP contribution in [-0.2, 0) is 16.9 Å². The number of carbonyl (C=O) groups excluding carboxylic acids is 1. The fourth-order valence-electron chi connectivity index (χ4n) is 7.66. The summed E-state index contributed by atoms with van der Waals surface area (Å²) in [6, 6.07) is 19.8. The number of nitrogens with one attached hydrogen (secondary N) is 1. The maximum Gasteiger partial charge on any atom is 0.341 e. The molecule has 12 nitrogen and oxygen atoms in total. The number of carbonyl (C=O) groups is 1. The molecule has 3 aliphatic rings. The summed E-state index contributed by atoms with van der Waals surface area (Å²) in [6.07, 6.45) is 1.57. The number of methoxy groups -OCH3 is 1. The Morgan fingerprint density at radius 3 is 2.58 bits per heavy atom. The van der Waals surface area contributed by atoms with Crippen LogP contribution < -0.4 is 15.0 Å². The lowest BCUT2D eigenvalue weighted by atomic mass is 9.88. The molecule has 5 unspecified atom stereocenters. The molecule has 4 heterocycles. The van der Waals surface area contributed by atoms with E-state index in [2.05, 4.69) is 20.3 Å². The predicted molar refractivity (Wildman–Crippen MR) is 190 cm³/mol. The highest BCUT2D eigenvalue weighted by Crippen LogP contribution is 2.46. The third kappa shape index (κ3) is 6.76. The van der Waals surface area contributed by atoms with Crippen LogP contribution in [0.2, 0.25) is 0 Å². The number of aromatic nitrogens is 3. The van der Waals surface area contributed by atoms with Crippen LogP contribution in [0.15, 0.2) is 85.5 Å². The number of ether oxygens (including phenoxy) is 2. The van der Waals surface area contributed by atoms with E-state index in [1.165, 1.54) is 24.8 Å². The van der Waals surface area contributed by atoms with Gasteiger partial charge in [-0.3, -0.25) is 14.8 Å². The minimum atomic E-state index is -1.29. The fraction of sp³-hybridized carbons (Fsp3) is 0.447. The van der Waals surface area contributed by atoms with Gasteiger partial charge in [-0.05, 0) is 29.7 Å². The van der Waals surface area contributed by atoms with Gasteiger partial charge in [0.2, 0.25) is 0 Å². The first-order chi connectivity index (χ1) is 25.0. The molecule has 3 aliphatic heterocycles. The Morgan fingerprint density at radius 2 is 1.87 bits per heavy atom. The average Bonchev–Trinajstić information content (AvgIpc) is 3.87.